The summed E-state index contributed by atoms with van der Waals surface area (Å²) >= 11 is 6.15. The molecule has 36 heavy (non-hydrogen) atoms. The number of nitro groups is 2. The van der Waals surface area contributed by atoms with E-state index in [-0.39, 0.29) is 23.2 Å². The fourth-order valence-electron chi connectivity index (χ4n) is 3.97. The molecule has 11 nitrogen and oxygen atoms in total. The zero-order chi connectivity index (χ0) is 25.7. The Morgan fingerprint density at radius 3 is 2.39 bits per heavy atom. The number of rotatable bonds is 8. The summed E-state index contributed by atoms with van der Waals surface area (Å²) in [5.74, 6) is 0.337. The molecule has 3 aromatic rings. The highest BCUT2D eigenvalue weighted by atomic mass is 35.5. The topological polar surface area (TPSA) is 144 Å². The molecular weight excluding hydrogens is 490 g/mol. The van der Waals surface area contributed by atoms with Crippen molar-refractivity contribution in [3.05, 3.63) is 91.2 Å². The highest BCUT2D eigenvalue weighted by Gasteiger charge is 2.25. The van der Waals surface area contributed by atoms with Crippen LogP contribution in [0, 0.1) is 26.1 Å². The number of carbonyl (C=O) groups excluding carboxylic acids is 1. The Labute approximate surface area is 210 Å². The van der Waals surface area contributed by atoms with Gasteiger partial charge in [-0.1, -0.05) is 23.7 Å². The zero-order valence-electron chi connectivity index (χ0n) is 19.0. The molecule has 1 N–H and O–H groups in total. The van der Waals surface area contributed by atoms with Gasteiger partial charge in [0.2, 0.25) is 5.91 Å². The molecule has 12 heteroatoms. The number of non-ortho nitro benzene ring substituents is 2. The van der Waals surface area contributed by atoms with Crippen molar-refractivity contribution in [2.24, 2.45) is 11.0 Å². The minimum Gasteiger partial charge on any atom is -0.455 e. The van der Waals surface area contributed by atoms with Gasteiger partial charge in [0.25, 0.3) is 11.4 Å². The van der Waals surface area contributed by atoms with Crippen molar-refractivity contribution in [3.8, 4) is 11.3 Å². The number of halogens is 1. The Bertz CT molecular complexity index is 1300. The lowest BCUT2D eigenvalue weighted by molar-refractivity contribution is -0.385. The average Bonchev–Trinajstić information content (AvgIpc) is 3.33. The van der Waals surface area contributed by atoms with E-state index in [9.17, 15) is 25.0 Å². The SMILES string of the molecule is O=C(N/N=C\c1ccc(-c2cc([N+](=O)[O-])ccc2Cl)o1)C1CCN(Cc2ccc([N+](=O)[O-])cc2)CC1. The molecular formula is C24H22ClN5O6. The van der Waals surface area contributed by atoms with E-state index < -0.39 is 9.85 Å². The molecule has 1 aliphatic heterocycles. The number of nitro benzene ring substituents is 2. The van der Waals surface area contributed by atoms with E-state index in [0.717, 1.165) is 18.7 Å². The van der Waals surface area contributed by atoms with Gasteiger partial charge in [-0.15, -0.1) is 0 Å². The molecule has 186 valence electrons. The summed E-state index contributed by atoms with van der Waals surface area (Å²) in [6.45, 7) is 2.12. The molecule has 4 rings (SSSR count). The Balaban J connectivity index is 1.26. The highest BCUT2D eigenvalue weighted by Crippen LogP contribution is 2.32. The number of nitrogens with zero attached hydrogens (tertiary/aromatic N) is 4. The highest BCUT2D eigenvalue weighted by molar-refractivity contribution is 6.33. The van der Waals surface area contributed by atoms with Crippen LogP contribution in [0.25, 0.3) is 11.3 Å². The van der Waals surface area contributed by atoms with E-state index in [1.807, 2.05) is 0 Å². The van der Waals surface area contributed by atoms with Crippen molar-refractivity contribution in [2.45, 2.75) is 19.4 Å². The predicted octanol–water partition coefficient (Wildman–Crippen LogP) is 4.78. The van der Waals surface area contributed by atoms with Crippen LogP contribution in [0.15, 0.2) is 64.1 Å². The van der Waals surface area contributed by atoms with E-state index >= 15 is 0 Å². The third kappa shape index (κ3) is 6.12. The Kier molecular flexibility index (Phi) is 7.71. The van der Waals surface area contributed by atoms with Gasteiger partial charge >= 0.3 is 0 Å². The van der Waals surface area contributed by atoms with Crippen molar-refractivity contribution < 1.29 is 19.1 Å². The first-order chi connectivity index (χ1) is 17.3. The van der Waals surface area contributed by atoms with Crippen molar-refractivity contribution in [1.82, 2.24) is 10.3 Å². The van der Waals surface area contributed by atoms with Crippen LogP contribution in [0.4, 0.5) is 11.4 Å². The number of hydrogen-bond donors (Lipinski definition) is 1. The van der Waals surface area contributed by atoms with Gasteiger partial charge < -0.3 is 4.42 Å². The van der Waals surface area contributed by atoms with Gasteiger partial charge in [0, 0.05) is 42.3 Å². The summed E-state index contributed by atoms with van der Waals surface area (Å²) in [6.07, 6.45) is 2.70. The Morgan fingerprint density at radius 2 is 1.72 bits per heavy atom. The lowest BCUT2D eigenvalue weighted by atomic mass is 9.96. The van der Waals surface area contributed by atoms with Crippen LogP contribution in [0.5, 0.6) is 0 Å². The number of likely N-dealkylation sites (tertiary alicyclic amines) is 1. The summed E-state index contributed by atoms with van der Waals surface area (Å²) in [7, 11) is 0. The lowest BCUT2D eigenvalue weighted by Gasteiger charge is -2.30. The van der Waals surface area contributed by atoms with E-state index in [4.69, 9.17) is 16.0 Å². The number of amides is 1. The minimum atomic E-state index is -0.513. The fourth-order valence-corrected chi connectivity index (χ4v) is 4.18. The van der Waals surface area contributed by atoms with Crippen molar-refractivity contribution in [3.63, 3.8) is 0 Å². The van der Waals surface area contributed by atoms with Gasteiger partial charge in [-0.25, -0.2) is 5.43 Å². The Hall–Kier alpha value is -4.09. The molecule has 0 aliphatic carbocycles. The maximum Gasteiger partial charge on any atom is 0.270 e. The van der Waals surface area contributed by atoms with Gasteiger partial charge in [-0.3, -0.25) is 29.9 Å². The molecule has 0 spiro atoms. The monoisotopic (exact) mass is 511 g/mol. The molecule has 1 saturated heterocycles. The first kappa shape index (κ1) is 25.0. The number of hydrazone groups is 1. The van der Waals surface area contributed by atoms with Crippen LogP contribution < -0.4 is 5.43 Å². The summed E-state index contributed by atoms with van der Waals surface area (Å²) in [4.78, 5) is 35.6. The van der Waals surface area contributed by atoms with Crippen LogP contribution in [0.1, 0.15) is 24.2 Å². The number of hydrogen-bond acceptors (Lipinski definition) is 8. The van der Waals surface area contributed by atoms with E-state index in [1.54, 1.807) is 24.3 Å². The summed E-state index contributed by atoms with van der Waals surface area (Å²) in [5.41, 5.74) is 3.87. The van der Waals surface area contributed by atoms with E-state index in [1.165, 1.54) is 36.5 Å². The standard InChI is InChI=1S/C24H22ClN5O6/c25-22-7-5-19(30(34)35)13-21(22)23-8-6-20(36-23)14-26-27-24(31)17-9-11-28(12-10-17)15-16-1-3-18(4-2-16)29(32)33/h1-8,13-14,17H,9-12,15H2,(H,27,31)/b26-14-. The molecule has 0 saturated carbocycles. The molecule has 0 bridgehead atoms. The maximum atomic E-state index is 12.5. The average molecular weight is 512 g/mol. The first-order valence-corrected chi connectivity index (χ1v) is 11.5. The number of piperidine rings is 1. The molecule has 1 aliphatic rings. The van der Waals surface area contributed by atoms with Crippen molar-refractivity contribution in [2.75, 3.05) is 13.1 Å². The molecule has 0 atom stereocenters. The molecule has 1 fully saturated rings. The maximum absolute atomic E-state index is 12.5. The lowest BCUT2D eigenvalue weighted by Crippen LogP contribution is -2.39. The van der Waals surface area contributed by atoms with E-state index in [0.29, 0.717) is 41.5 Å². The summed E-state index contributed by atoms with van der Waals surface area (Å²) in [6, 6.07) is 13.8. The Morgan fingerprint density at radius 1 is 1.06 bits per heavy atom. The largest absolute Gasteiger partial charge is 0.455 e. The summed E-state index contributed by atoms with van der Waals surface area (Å²) < 4.78 is 5.65. The third-order valence-electron chi connectivity index (χ3n) is 5.93. The second-order valence-electron chi connectivity index (χ2n) is 8.33. The summed E-state index contributed by atoms with van der Waals surface area (Å²) in [5, 5.41) is 26.1. The van der Waals surface area contributed by atoms with Gasteiger partial charge in [-0.05, 0) is 49.7 Å². The van der Waals surface area contributed by atoms with Gasteiger partial charge in [0.1, 0.15) is 11.5 Å². The number of benzene rings is 2. The molecule has 0 unspecified atom stereocenters. The smallest absolute Gasteiger partial charge is 0.270 e. The van der Waals surface area contributed by atoms with Crippen molar-refractivity contribution >= 4 is 35.1 Å². The normalized spacial score (nSPS) is 14.7. The predicted molar refractivity (Wildman–Crippen MR) is 133 cm³/mol. The van der Waals surface area contributed by atoms with Crippen LogP contribution in [0.3, 0.4) is 0 Å². The number of carbonyl (C=O) groups is 1. The molecule has 1 amide bonds. The van der Waals surface area contributed by atoms with Crippen LogP contribution >= 0.6 is 11.6 Å². The second kappa shape index (κ2) is 11.1. The number of nitrogens with one attached hydrogen (secondary N) is 1. The number of furan rings is 1. The molecule has 2 heterocycles. The van der Waals surface area contributed by atoms with Crippen LogP contribution in [-0.4, -0.2) is 40.0 Å². The quantitative estimate of drug-likeness (QED) is 0.260. The molecule has 0 radical (unpaired) electrons. The molecule has 1 aromatic heterocycles. The van der Waals surface area contributed by atoms with Gasteiger partial charge in [-0.2, -0.15) is 5.10 Å². The van der Waals surface area contributed by atoms with Crippen molar-refractivity contribution in [1.29, 1.82) is 0 Å². The van der Waals surface area contributed by atoms with Crippen LogP contribution in [-0.2, 0) is 11.3 Å². The zero-order valence-corrected chi connectivity index (χ0v) is 19.8. The fraction of sp³-hybridized carbons (Fsp3) is 0.250. The van der Waals surface area contributed by atoms with Gasteiger partial charge in [0.15, 0.2) is 0 Å². The van der Waals surface area contributed by atoms with Gasteiger partial charge in [0.05, 0.1) is 21.1 Å². The minimum absolute atomic E-state index is 0.0632. The second-order valence-corrected chi connectivity index (χ2v) is 8.74. The van der Waals surface area contributed by atoms with E-state index in [2.05, 4.69) is 15.4 Å². The molecule has 2 aromatic carbocycles. The van der Waals surface area contributed by atoms with Crippen LogP contribution in [0.2, 0.25) is 5.02 Å². The first-order valence-electron chi connectivity index (χ1n) is 11.1. The third-order valence-corrected chi connectivity index (χ3v) is 6.26.